The van der Waals surface area contributed by atoms with Gasteiger partial charge in [-0.3, -0.25) is 4.21 Å². The normalized spacial score (nSPS) is 11.7. The van der Waals surface area contributed by atoms with Crippen molar-refractivity contribution in [3.63, 3.8) is 0 Å². The highest BCUT2D eigenvalue weighted by Crippen LogP contribution is 2.33. The van der Waals surface area contributed by atoms with E-state index in [1.165, 1.54) is 0 Å². The standard InChI is InChI=1S/C23H16N2OS2/c24-15-20-19(18-10-5-2-6-11-18)14-21(22-12-7-13-27-22)25-23(20)28(26)16-17-8-3-1-4-9-17/h1-14H,16H2. The Balaban J connectivity index is 1.88. The minimum absolute atomic E-state index is 0.324. The molecule has 0 amide bonds. The second-order valence-corrected chi connectivity index (χ2v) is 8.48. The molecular formula is C23H16N2OS2. The number of thiophene rings is 1. The van der Waals surface area contributed by atoms with Crippen molar-refractivity contribution in [3.05, 3.63) is 95.4 Å². The maximum atomic E-state index is 13.2. The van der Waals surface area contributed by atoms with Gasteiger partial charge in [-0.1, -0.05) is 66.7 Å². The third-order valence-corrected chi connectivity index (χ3v) is 6.53. The van der Waals surface area contributed by atoms with Crippen LogP contribution in [0, 0.1) is 11.3 Å². The average molecular weight is 401 g/mol. The van der Waals surface area contributed by atoms with Gasteiger partial charge < -0.3 is 0 Å². The summed E-state index contributed by atoms with van der Waals surface area (Å²) in [7, 11) is -1.43. The summed E-state index contributed by atoms with van der Waals surface area (Å²) in [6.45, 7) is 0. The molecule has 2 heterocycles. The summed E-state index contributed by atoms with van der Waals surface area (Å²) in [6, 6.07) is 27.5. The van der Waals surface area contributed by atoms with Crippen LogP contribution in [0.2, 0.25) is 0 Å². The lowest BCUT2D eigenvalue weighted by atomic mass is 10.0. The summed E-state index contributed by atoms with van der Waals surface area (Å²) in [6.07, 6.45) is 0. The van der Waals surface area contributed by atoms with E-state index < -0.39 is 10.8 Å². The Morgan fingerprint density at radius 3 is 2.32 bits per heavy atom. The predicted octanol–water partition coefficient (Wildman–Crippen LogP) is 5.66. The summed E-state index contributed by atoms with van der Waals surface area (Å²) in [5, 5.41) is 12.2. The molecule has 5 heteroatoms. The van der Waals surface area contributed by atoms with E-state index in [1.54, 1.807) is 11.3 Å². The van der Waals surface area contributed by atoms with Crippen molar-refractivity contribution >= 4 is 22.1 Å². The van der Waals surface area contributed by atoms with Gasteiger partial charge in [-0.25, -0.2) is 4.98 Å². The third kappa shape index (κ3) is 3.79. The molecule has 4 aromatic rings. The molecule has 0 aliphatic heterocycles. The minimum Gasteiger partial charge on any atom is -0.252 e. The van der Waals surface area contributed by atoms with Gasteiger partial charge in [0, 0.05) is 5.56 Å². The zero-order chi connectivity index (χ0) is 19.3. The van der Waals surface area contributed by atoms with E-state index in [2.05, 4.69) is 11.1 Å². The van der Waals surface area contributed by atoms with Crippen LogP contribution in [0.1, 0.15) is 11.1 Å². The smallest absolute Gasteiger partial charge is 0.146 e. The topological polar surface area (TPSA) is 53.8 Å². The molecule has 2 aromatic carbocycles. The number of nitrogens with zero attached hydrogens (tertiary/aromatic N) is 2. The Morgan fingerprint density at radius 1 is 0.964 bits per heavy atom. The van der Waals surface area contributed by atoms with Gasteiger partial charge in [-0.05, 0) is 28.6 Å². The predicted molar refractivity (Wildman–Crippen MR) is 114 cm³/mol. The summed E-state index contributed by atoms with van der Waals surface area (Å²) in [4.78, 5) is 5.64. The van der Waals surface area contributed by atoms with Crippen LogP contribution in [0.25, 0.3) is 21.7 Å². The maximum Gasteiger partial charge on any atom is 0.146 e. The van der Waals surface area contributed by atoms with Gasteiger partial charge >= 0.3 is 0 Å². The van der Waals surface area contributed by atoms with Crippen LogP contribution in [-0.4, -0.2) is 9.19 Å². The van der Waals surface area contributed by atoms with Gasteiger partial charge in [0.05, 0.1) is 32.7 Å². The Morgan fingerprint density at radius 2 is 1.68 bits per heavy atom. The fourth-order valence-electron chi connectivity index (χ4n) is 2.98. The fraction of sp³-hybridized carbons (Fsp3) is 0.0435. The lowest BCUT2D eigenvalue weighted by Gasteiger charge is -2.12. The molecule has 4 rings (SSSR count). The molecule has 2 aromatic heterocycles. The van der Waals surface area contributed by atoms with Gasteiger partial charge in [-0.15, -0.1) is 11.3 Å². The average Bonchev–Trinajstić information content (AvgIpc) is 3.29. The molecule has 0 radical (unpaired) electrons. The number of aromatic nitrogens is 1. The van der Waals surface area contributed by atoms with Crippen LogP contribution in [0.4, 0.5) is 0 Å². The Kier molecular flexibility index (Phi) is 5.43. The second kappa shape index (κ2) is 8.30. The van der Waals surface area contributed by atoms with Crippen molar-refractivity contribution in [1.29, 1.82) is 5.26 Å². The molecule has 136 valence electrons. The van der Waals surface area contributed by atoms with Crippen LogP contribution in [0.3, 0.4) is 0 Å². The quantitative estimate of drug-likeness (QED) is 0.434. The van der Waals surface area contributed by atoms with Gasteiger partial charge in [-0.2, -0.15) is 5.26 Å². The van der Waals surface area contributed by atoms with Crippen molar-refractivity contribution in [2.24, 2.45) is 0 Å². The molecule has 0 aliphatic rings. The molecule has 0 fully saturated rings. The minimum atomic E-state index is -1.43. The highest BCUT2D eigenvalue weighted by molar-refractivity contribution is 7.84. The largest absolute Gasteiger partial charge is 0.252 e. The van der Waals surface area contributed by atoms with Crippen molar-refractivity contribution < 1.29 is 4.21 Å². The molecule has 0 N–H and O–H groups in total. The number of pyridine rings is 1. The lowest BCUT2D eigenvalue weighted by molar-refractivity contribution is 0.679. The van der Waals surface area contributed by atoms with Crippen LogP contribution < -0.4 is 0 Å². The molecule has 0 bridgehead atoms. The summed E-state index contributed by atoms with van der Waals surface area (Å²) in [5.41, 5.74) is 3.74. The van der Waals surface area contributed by atoms with E-state index in [9.17, 15) is 9.47 Å². The lowest BCUT2D eigenvalue weighted by Crippen LogP contribution is -2.05. The summed E-state index contributed by atoms with van der Waals surface area (Å²) < 4.78 is 13.2. The van der Waals surface area contributed by atoms with E-state index in [-0.39, 0.29) is 0 Å². The Labute approximate surface area is 170 Å². The highest BCUT2D eigenvalue weighted by atomic mass is 32.2. The summed E-state index contributed by atoms with van der Waals surface area (Å²) >= 11 is 1.57. The Bertz CT molecular complexity index is 1150. The molecule has 0 aliphatic carbocycles. The summed E-state index contributed by atoms with van der Waals surface area (Å²) in [5.74, 6) is 0.324. The third-order valence-electron chi connectivity index (χ3n) is 4.31. The number of nitriles is 1. The molecule has 28 heavy (non-hydrogen) atoms. The van der Waals surface area contributed by atoms with Gasteiger partial charge in [0.2, 0.25) is 0 Å². The SMILES string of the molecule is N#Cc1c(-c2ccccc2)cc(-c2cccs2)nc1S(=O)Cc1ccccc1. The van der Waals surface area contributed by atoms with Crippen LogP contribution >= 0.6 is 11.3 Å². The zero-order valence-corrected chi connectivity index (χ0v) is 16.5. The molecule has 1 unspecified atom stereocenters. The van der Waals surface area contributed by atoms with Crippen molar-refractivity contribution in [3.8, 4) is 27.8 Å². The Hall–Kier alpha value is -3.07. The first-order valence-corrected chi connectivity index (χ1v) is 10.9. The first-order valence-electron chi connectivity index (χ1n) is 8.73. The van der Waals surface area contributed by atoms with Gasteiger partial charge in [0.25, 0.3) is 0 Å². The second-order valence-electron chi connectivity index (χ2n) is 6.17. The van der Waals surface area contributed by atoms with E-state index >= 15 is 0 Å². The monoisotopic (exact) mass is 400 g/mol. The molecule has 3 nitrogen and oxygen atoms in total. The molecule has 1 atom stereocenters. The van der Waals surface area contributed by atoms with Crippen LogP contribution in [-0.2, 0) is 16.6 Å². The van der Waals surface area contributed by atoms with Gasteiger partial charge in [0.15, 0.2) is 0 Å². The first-order chi connectivity index (χ1) is 13.8. The van der Waals surface area contributed by atoms with Crippen LogP contribution in [0.15, 0.2) is 89.3 Å². The molecule has 0 saturated heterocycles. The maximum absolute atomic E-state index is 13.2. The van der Waals surface area contributed by atoms with Crippen LogP contribution in [0.5, 0.6) is 0 Å². The van der Waals surface area contributed by atoms with Crippen molar-refractivity contribution in [1.82, 2.24) is 4.98 Å². The van der Waals surface area contributed by atoms with E-state index in [1.807, 2.05) is 84.2 Å². The van der Waals surface area contributed by atoms with E-state index in [0.717, 1.165) is 27.3 Å². The van der Waals surface area contributed by atoms with Crippen molar-refractivity contribution in [2.75, 3.05) is 0 Å². The highest BCUT2D eigenvalue weighted by Gasteiger charge is 2.20. The fourth-order valence-corrected chi connectivity index (χ4v) is 4.89. The van der Waals surface area contributed by atoms with Crippen molar-refractivity contribution in [2.45, 2.75) is 10.8 Å². The molecule has 0 spiro atoms. The number of hydrogen-bond acceptors (Lipinski definition) is 4. The number of rotatable bonds is 5. The van der Waals surface area contributed by atoms with E-state index in [0.29, 0.717) is 16.3 Å². The first kappa shape index (κ1) is 18.3. The van der Waals surface area contributed by atoms with E-state index in [4.69, 9.17) is 0 Å². The zero-order valence-electron chi connectivity index (χ0n) is 14.9. The number of hydrogen-bond donors (Lipinski definition) is 0. The molecular weight excluding hydrogens is 384 g/mol. The number of benzene rings is 2. The molecule has 0 saturated carbocycles. The van der Waals surface area contributed by atoms with Gasteiger partial charge in [0.1, 0.15) is 11.1 Å².